The summed E-state index contributed by atoms with van der Waals surface area (Å²) in [6.07, 6.45) is 3.30. The molecule has 0 bridgehead atoms. The molecule has 78 valence electrons. The number of likely N-dealkylation sites (tertiary alicyclic amines) is 1. The number of nitriles is 1. The van der Waals surface area contributed by atoms with E-state index in [1.54, 1.807) is 0 Å². The highest BCUT2D eigenvalue weighted by Gasteiger charge is 2.22. The predicted octanol–water partition coefficient (Wildman–Crippen LogP) is 0.487. The van der Waals surface area contributed by atoms with Crippen LogP contribution in [0.5, 0.6) is 0 Å². The number of carbonyl (C=O) groups excluding carboxylic acids is 1. The Hall–Kier alpha value is -1.08. The van der Waals surface area contributed by atoms with Crippen LogP contribution in [0.2, 0.25) is 0 Å². The number of piperidine rings is 1. The molecule has 0 spiro atoms. The Kier molecular flexibility index (Phi) is 4.41. The molecule has 0 aromatic carbocycles. The van der Waals surface area contributed by atoms with Gasteiger partial charge in [0.15, 0.2) is 0 Å². The summed E-state index contributed by atoms with van der Waals surface area (Å²) in [4.78, 5) is 13.2. The van der Waals surface area contributed by atoms with E-state index in [0.29, 0.717) is 6.42 Å². The summed E-state index contributed by atoms with van der Waals surface area (Å²) in [7, 11) is 0. The van der Waals surface area contributed by atoms with Gasteiger partial charge in [-0.05, 0) is 38.9 Å². The molecular formula is C10H17N3O. The summed E-state index contributed by atoms with van der Waals surface area (Å²) in [5, 5.41) is 8.38. The minimum absolute atomic E-state index is 0.0715. The molecule has 4 heteroatoms. The number of nitrogens with two attached hydrogens (primary N) is 1. The Morgan fingerprint density at radius 3 is 2.64 bits per heavy atom. The molecule has 1 rings (SSSR count). The van der Waals surface area contributed by atoms with E-state index in [9.17, 15) is 4.79 Å². The van der Waals surface area contributed by atoms with Gasteiger partial charge >= 0.3 is 0 Å². The van der Waals surface area contributed by atoms with Crippen LogP contribution in [-0.2, 0) is 4.79 Å². The maximum Gasteiger partial charge on any atom is 0.220 e. The molecule has 14 heavy (non-hydrogen) atoms. The van der Waals surface area contributed by atoms with Gasteiger partial charge in [-0.3, -0.25) is 4.79 Å². The van der Waals surface area contributed by atoms with E-state index in [1.807, 2.05) is 0 Å². The second-order valence-electron chi connectivity index (χ2n) is 3.78. The SMILES string of the molecule is N#CCCCN1CCC(C(N)=O)CC1. The van der Waals surface area contributed by atoms with Gasteiger partial charge in [0.25, 0.3) is 0 Å². The van der Waals surface area contributed by atoms with E-state index in [-0.39, 0.29) is 11.8 Å². The zero-order valence-electron chi connectivity index (χ0n) is 8.41. The quantitative estimate of drug-likeness (QED) is 0.663. The van der Waals surface area contributed by atoms with Crippen LogP contribution in [0.3, 0.4) is 0 Å². The monoisotopic (exact) mass is 195 g/mol. The zero-order valence-corrected chi connectivity index (χ0v) is 8.41. The van der Waals surface area contributed by atoms with Gasteiger partial charge in [-0.15, -0.1) is 0 Å². The van der Waals surface area contributed by atoms with Crippen LogP contribution in [0.1, 0.15) is 25.7 Å². The summed E-state index contributed by atoms with van der Waals surface area (Å²) in [5.41, 5.74) is 5.23. The van der Waals surface area contributed by atoms with Crippen LogP contribution in [0, 0.1) is 17.2 Å². The number of amides is 1. The molecule has 1 aliphatic heterocycles. The Morgan fingerprint density at radius 2 is 2.14 bits per heavy atom. The first kappa shape index (κ1) is 11.0. The lowest BCUT2D eigenvalue weighted by atomic mass is 9.96. The molecule has 0 saturated carbocycles. The van der Waals surface area contributed by atoms with Crippen LogP contribution in [0.15, 0.2) is 0 Å². The standard InChI is InChI=1S/C10H17N3O/c11-5-1-2-6-13-7-3-9(4-8-13)10(12)14/h9H,1-4,6-8H2,(H2,12,14). The average molecular weight is 195 g/mol. The lowest BCUT2D eigenvalue weighted by Crippen LogP contribution is -2.38. The maximum atomic E-state index is 10.9. The molecule has 2 N–H and O–H groups in total. The van der Waals surface area contributed by atoms with Gasteiger partial charge in [0, 0.05) is 12.3 Å². The molecule has 0 aromatic rings. The van der Waals surface area contributed by atoms with E-state index in [2.05, 4.69) is 11.0 Å². The highest BCUT2D eigenvalue weighted by molar-refractivity contribution is 5.76. The summed E-state index contributed by atoms with van der Waals surface area (Å²) in [5.74, 6) is -0.0936. The zero-order chi connectivity index (χ0) is 10.4. The molecular weight excluding hydrogens is 178 g/mol. The van der Waals surface area contributed by atoms with Crippen LogP contribution in [0.25, 0.3) is 0 Å². The number of hydrogen-bond donors (Lipinski definition) is 1. The summed E-state index contributed by atoms with van der Waals surface area (Å²) >= 11 is 0. The third kappa shape index (κ3) is 3.35. The lowest BCUT2D eigenvalue weighted by molar-refractivity contribution is -0.123. The molecule has 0 radical (unpaired) electrons. The first-order chi connectivity index (χ1) is 6.74. The number of primary amides is 1. The molecule has 4 nitrogen and oxygen atoms in total. The van der Waals surface area contributed by atoms with Crippen LogP contribution >= 0.6 is 0 Å². The van der Waals surface area contributed by atoms with Gasteiger partial charge in [0.05, 0.1) is 6.07 Å². The fraction of sp³-hybridized carbons (Fsp3) is 0.800. The first-order valence-corrected chi connectivity index (χ1v) is 5.12. The Morgan fingerprint density at radius 1 is 1.50 bits per heavy atom. The van der Waals surface area contributed by atoms with Crippen molar-refractivity contribution in [3.05, 3.63) is 0 Å². The summed E-state index contributed by atoms with van der Waals surface area (Å²) < 4.78 is 0. The van der Waals surface area contributed by atoms with E-state index in [4.69, 9.17) is 11.0 Å². The maximum absolute atomic E-state index is 10.9. The van der Waals surface area contributed by atoms with E-state index in [1.165, 1.54) is 0 Å². The Balaban J connectivity index is 2.16. The highest BCUT2D eigenvalue weighted by Crippen LogP contribution is 2.16. The predicted molar refractivity (Wildman–Crippen MR) is 53.2 cm³/mol. The van der Waals surface area contributed by atoms with Crippen molar-refractivity contribution in [2.45, 2.75) is 25.7 Å². The Labute approximate surface area is 84.7 Å². The molecule has 0 aromatic heterocycles. The van der Waals surface area contributed by atoms with E-state index >= 15 is 0 Å². The molecule has 1 aliphatic rings. The third-order valence-electron chi connectivity index (χ3n) is 2.75. The van der Waals surface area contributed by atoms with Crippen molar-refractivity contribution in [2.75, 3.05) is 19.6 Å². The third-order valence-corrected chi connectivity index (χ3v) is 2.75. The van der Waals surface area contributed by atoms with Crippen LogP contribution in [0.4, 0.5) is 0 Å². The molecule has 0 unspecified atom stereocenters. The van der Waals surface area contributed by atoms with Gasteiger partial charge < -0.3 is 10.6 Å². The molecule has 1 fully saturated rings. The number of carbonyl (C=O) groups is 1. The van der Waals surface area contributed by atoms with Crippen LogP contribution < -0.4 is 5.73 Å². The van der Waals surface area contributed by atoms with Crippen molar-refractivity contribution >= 4 is 5.91 Å². The summed E-state index contributed by atoms with van der Waals surface area (Å²) in [6, 6.07) is 2.13. The second-order valence-corrected chi connectivity index (χ2v) is 3.78. The van der Waals surface area contributed by atoms with E-state index < -0.39 is 0 Å². The van der Waals surface area contributed by atoms with Crippen molar-refractivity contribution in [2.24, 2.45) is 11.7 Å². The number of unbranched alkanes of at least 4 members (excludes halogenated alkanes) is 1. The highest BCUT2D eigenvalue weighted by atomic mass is 16.1. The topological polar surface area (TPSA) is 70.1 Å². The second kappa shape index (κ2) is 5.61. The van der Waals surface area contributed by atoms with Gasteiger partial charge in [-0.25, -0.2) is 0 Å². The summed E-state index contributed by atoms with van der Waals surface area (Å²) in [6.45, 7) is 2.86. The fourth-order valence-corrected chi connectivity index (χ4v) is 1.82. The Bertz CT molecular complexity index is 226. The molecule has 0 atom stereocenters. The first-order valence-electron chi connectivity index (χ1n) is 5.12. The fourth-order valence-electron chi connectivity index (χ4n) is 1.82. The number of rotatable bonds is 4. The molecule has 1 saturated heterocycles. The average Bonchev–Trinajstić information content (AvgIpc) is 2.19. The van der Waals surface area contributed by atoms with Gasteiger partial charge in [0.2, 0.25) is 5.91 Å². The van der Waals surface area contributed by atoms with Crippen molar-refractivity contribution in [1.82, 2.24) is 4.90 Å². The molecule has 1 amide bonds. The van der Waals surface area contributed by atoms with Crippen molar-refractivity contribution in [1.29, 1.82) is 5.26 Å². The van der Waals surface area contributed by atoms with Crippen molar-refractivity contribution in [3.63, 3.8) is 0 Å². The number of hydrogen-bond acceptors (Lipinski definition) is 3. The minimum atomic E-state index is -0.165. The van der Waals surface area contributed by atoms with Crippen LogP contribution in [-0.4, -0.2) is 30.4 Å². The van der Waals surface area contributed by atoms with Crippen molar-refractivity contribution in [3.8, 4) is 6.07 Å². The molecule has 1 heterocycles. The number of nitrogens with zero attached hydrogens (tertiary/aromatic N) is 2. The largest absolute Gasteiger partial charge is 0.369 e. The lowest BCUT2D eigenvalue weighted by Gasteiger charge is -2.30. The molecule has 0 aliphatic carbocycles. The van der Waals surface area contributed by atoms with Gasteiger partial charge in [-0.2, -0.15) is 5.26 Å². The van der Waals surface area contributed by atoms with E-state index in [0.717, 1.165) is 38.9 Å². The van der Waals surface area contributed by atoms with Crippen molar-refractivity contribution < 1.29 is 4.79 Å². The normalized spacial score (nSPS) is 19.1. The minimum Gasteiger partial charge on any atom is -0.369 e. The van der Waals surface area contributed by atoms with Gasteiger partial charge in [0.1, 0.15) is 0 Å². The smallest absolute Gasteiger partial charge is 0.220 e. The van der Waals surface area contributed by atoms with Gasteiger partial charge in [-0.1, -0.05) is 0 Å².